The summed E-state index contributed by atoms with van der Waals surface area (Å²) in [5.41, 5.74) is 0.232. The Balaban J connectivity index is 1.23. The second kappa shape index (κ2) is 12.4. The molecule has 12 nitrogen and oxygen atoms in total. The van der Waals surface area contributed by atoms with E-state index in [0.717, 1.165) is 6.07 Å². The predicted molar refractivity (Wildman–Crippen MR) is 135 cm³/mol. The van der Waals surface area contributed by atoms with Crippen LogP contribution >= 0.6 is 0 Å². The van der Waals surface area contributed by atoms with E-state index in [1.165, 1.54) is 33.8 Å². The molecule has 2 fully saturated rings. The number of piperazine rings is 1. The molecule has 39 heavy (non-hydrogen) atoms. The maximum atomic E-state index is 14.7. The zero-order valence-corrected chi connectivity index (χ0v) is 21.2. The van der Waals surface area contributed by atoms with Crippen molar-refractivity contribution in [3.8, 4) is 11.5 Å². The van der Waals surface area contributed by atoms with Gasteiger partial charge in [-0.2, -0.15) is 0 Å². The van der Waals surface area contributed by atoms with Crippen LogP contribution in [0, 0.1) is 5.82 Å². The van der Waals surface area contributed by atoms with Crippen LogP contribution in [0.1, 0.15) is 6.92 Å². The van der Waals surface area contributed by atoms with Crippen molar-refractivity contribution in [1.29, 1.82) is 0 Å². The third kappa shape index (κ3) is 7.13. The molecule has 0 aromatic heterocycles. The van der Waals surface area contributed by atoms with Crippen LogP contribution in [0.3, 0.4) is 0 Å². The second-order valence-corrected chi connectivity index (χ2v) is 8.99. The largest absolute Gasteiger partial charge is 0.487 e. The summed E-state index contributed by atoms with van der Waals surface area (Å²) in [5.74, 6) is -1.45. The molecule has 2 atom stereocenters. The van der Waals surface area contributed by atoms with Crippen molar-refractivity contribution in [2.45, 2.75) is 19.1 Å². The van der Waals surface area contributed by atoms with Crippen LogP contribution < -0.4 is 19.7 Å². The average Bonchev–Trinajstić information content (AvgIpc) is 3.31. The minimum atomic E-state index is -1.55. The summed E-state index contributed by atoms with van der Waals surface area (Å²) in [6.07, 6.45) is -3.32. The molecule has 0 saturated carbocycles. The first-order valence-corrected chi connectivity index (χ1v) is 12.3. The molecule has 2 aliphatic rings. The number of aliphatic hydroxyl groups excluding tert-OH is 1. The van der Waals surface area contributed by atoms with Crippen molar-refractivity contribution in [3.63, 3.8) is 0 Å². The first-order chi connectivity index (χ1) is 18.7. The topological polar surface area (TPSA) is 138 Å². The molecule has 13 heteroatoms. The first kappa shape index (κ1) is 27.6. The molecule has 2 saturated heterocycles. The van der Waals surface area contributed by atoms with Gasteiger partial charge in [0.25, 0.3) is 5.91 Å². The van der Waals surface area contributed by atoms with Crippen molar-refractivity contribution in [1.82, 2.24) is 15.1 Å². The molecule has 0 aliphatic carbocycles. The van der Waals surface area contributed by atoms with Crippen LogP contribution in [0.5, 0.6) is 11.5 Å². The van der Waals surface area contributed by atoms with Crippen LogP contribution in [-0.4, -0.2) is 97.0 Å². The Morgan fingerprint density at radius 2 is 1.79 bits per heavy atom. The molecule has 0 spiro atoms. The number of hydrogen-bond acceptors (Lipinski definition) is 8. The molecule has 2 aromatic carbocycles. The van der Waals surface area contributed by atoms with Crippen LogP contribution in [0.2, 0.25) is 0 Å². The van der Waals surface area contributed by atoms with Gasteiger partial charge in [-0.15, -0.1) is 0 Å². The zero-order chi connectivity index (χ0) is 27.9. The van der Waals surface area contributed by atoms with Crippen LogP contribution in [-0.2, 0) is 14.3 Å². The van der Waals surface area contributed by atoms with Gasteiger partial charge in [-0.05, 0) is 24.3 Å². The van der Waals surface area contributed by atoms with E-state index < -0.39 is 42.7 Å². The molecular formula is C26H29FN4O8. The summed E-state index contributed by atoms with van der Waals surface area (Å²) in [5, 5.41) is 12.9. The van der Waals surface area contributed by atoms with E-state index in [9.17, 15) is 28.7 Å². The van der Waals surface area contributed by atoms with Gasteiger partial charge in [0.1, 0.15) is 18.5 Å². The Kier molecular flexibility index (Phi) is 8.81. The Bertz CT molecular complexity index is 1210. The average molecular weight is 545 g/mol. The third-order valence-electron chi connectivity index (χ3n) is 6.16. The lowest BCUT2D eigenvalue weighted by atomic mass is 10.2. The maximum absolute atomic E-state index is 14.7. The molecule has 208 valence electrons. The van der Waals surface area contributed by atoms with E-state index in [-0.39, 0.29) is 56.6 Å². The van der Waals surface area contributed by atoms with E-state index in [0.29, 0.717) is 5.75 Å². The number of amides is 4. The van der Waals surface area contributed by atoms with Crippen molar-refractivity contribution < 1.29 is 42.9 Å². The van der Waals surface area contributed by atoms with E-state index in [4.69, 9.17) is 14.2 Å². The van der Waals surface area contributed by atoms with Gasteiger partial charge in [-0.3, -0.25) is 14.5 Å². The summed E-state index contributed by atoms with van der Waals surface area (Å²) in [4.78, 5) is 52.3. The lowest BCUT2D eigenvalue weighted by molar-refractivity contribution is -0.143. The molecule has 2 aliphatic heterocycles. The summed E-state index contributed by atoms with van der Waals surface area (Å²) in [7, 11) is 0. The highest BCUT2D eigenvalue weighted by molar-refractivity contribution is 5.90. The normalized spacial score (nSPS) is 17.9. The van der Waals surface area contributed by atoms with Gasteiger partial charge in [0.15, 0.2) is 17.7 Å². The number of nitrogens with one attached hydrogen (secondary N) is 1. The lowest BCUT2D eigenvalue weighted by Crippen LogP contribution is -2.54. The van der Waals surface area contributed by atoms with E-state index in [1.807, 2.05) is 0 Å². The van der Waals surface area contributed by atoms with Gasteiger partial charge in [0, 0.05) is 39.2 Å². The Labute approximate surface area is 223 Å². The van der Waals surface area contributed by atoms with Crippen molar-refractivity contribution in [3.05, 3.63) is 54.3 Å². The van der Waals surface area contributed by atoms with Crippen molar-refractivity contribution in [2.75, 3.05) is 50.8 Å². The Morgan fingerprint density at radius 3 is 2.46 bits per heavy atom. The minimum Gasteiger partial charge on any atom is -0.487 e. The van der Waals surface area contributed by atoms with Gasteiger partial charge in [0.2, 0.25) is 5.91 Å². The zero-order valence-electron chi connectivity index (χ0n) is 21.2. The monoisotopic (exact) mass is 544 g/mol. The number of aliphatic hydroxyl groups is 1. The Hall–Kier alpha value is -4.39. The first-order valence-electron chi connectivity index (χ1n) is 12.3. The highest BCUT2D eigenvalue weighted by atomic mass is 19.1. The number of rotatable bonds is 8. The molecule has 4 rings (SSSR count). The highest BCUT2D eigenvalue weighted by Crippen LogP contribution is 2.27. The van der Waals surface area contributed by atoms with Crippen molar-refractivity contribution >= 4 is 29.7 Å². The van der Waals surface area contributed by atoms with Crippen LogP contribution in [0.25, 0.3) is 0 Å². The number of benzene rings is 2. The fraction of sp³-hybridized carbons (Fsp3) is 0.385. The summed E-state index contributed by atoms with van der Waals surface area (Å²) in [6, 6.07) is 12.4. The molecule has 2 aromatic rings. The molecule has 0 bridgehead atoms. The van der Waals surface area contributed by atoms with Gasteiger partial charge in [-0.1, -0.05) is 18.2 Å². The molecule has 2 heterocycles. The van der Waals surface area contributed by atoms with Crippen molar-refractivity contribution in [2.24, 2.45) is 0 Å². The van der Waals surface area contributed by atoms with Gasteiger partial charge >= 0.3 is 12.2 Å². The van der Waals surface area contributed by atoms with Gasteiger partial charge < -0.3 is 34.4 Å². The molecule has 2 N–H and O–H groups in total. The number of ether oxygens (including phenoxy) is 3. The molecule has 4 amide bonds. The van der Waals surface area contributed by atoms with E-state index in [1.54, 1.807) is 30.3 Å². The minimum absolute atomic E-state index is 0.128. The number of cyclic esters (lactones) is 1. The molecule has 0 radical (unpaired) electrons. The number of carbonyl (C=O) groups is 4. The molecular weight excluding hydrogens is 515 g/mol. The lowest BCUT2D eigenvalue weighted by Gasteiger charge is -2.34. The smallest absolute Gasteiger partial charge is 0.415 e. The number of nitrogens with zero attached hydrogens (tertiary/aromatic N) is 3. The number of halogens is 1. The van der Waals surface area contributed by atoms with Crippen LogP contribution in [0.15, 0.2) is 48.5 Å². The SMILES string of the molecule is CC(=O)NC[C@H]1CN(c2ccc(OCC(O)C(=O)N3CCN(C(=O)Oc4ccccc4)CC3)c(F)c2)C(=O)O1. The quantitative estimate of drug-likeness (QED) is 0.508. The van der Waals surface area contributed by atoms with E-state index >= 15 is 0 Å². The number of para-hydroxylation sites is 1. The van der Waals surface area contributed by atoms with Gasteiger partial charge in [0.05, 0.1) is 18.8 Å². The van der Waals surface area contributed by atoms with Crippen LogP contribution in [0.4, 0.5) is 19.7 Å². The fourth-order valence-corrected chi connectivity index (χ4v) is 4.09. The Morgan fingerprint density at radius 1 is 1.10 bits per heavy atom. The standard InChI is InChI=1S/C26H29FN4O8/c1-17(32)28-14-20-15-31(26(36)39-20)18-7-8-23(21(27)13-18)37-16-22(33)24(34)29-9-11-30(12-10-29)25(35)38-19-5-3-2-4-6-19/h2-8,13,20,22,33H,9-12,14-16H2,1H3,(H,28,32)/t20-,22?/m0/s1. The number of anilines is 1. The number of carbonyl (C=O) groups excluding carboxylic acids is 4. The third-order valence-corrected chi connectivity index (χ3v) is 6.16. The number of hydrogen-bond donors (Lipinski definition) is 2. The predicted octanol–water partition coefficient (Wildman–Crippen LogP) is 1.37. The van der Waals surface area contributed by atoms with Gasteiger partial charge in [-0.25, -0.2) is 14.0 Å². The summed E-state index contributed by atoms with van der Waals surface area (Å²) >= 11 is 0. The van der Waals surface area contributed by atoms with E-state index in [2.05, 4.69) is 5.32 Å². The highest BCUT2D eigenvalue weighted by Gasteiger charge is 2.33. The molecule has 1 unspecified atom stereocenters. The fourth-order valence-electron chi connectivity index (χ4n) is 4.09. The second-order valence-electron chi connectivity index (χ2n) is 8.99. The summed E-state index contributed by atoms with van der Waals surface area (Å²) < 4.78 is 30.5. The summed E-state index contributed by atoms with van der Waals surface area (Å²) in [6.45, 7) is 1.96. The maximum Gasteiger partial charge on any atom is 0.415 e.